The van der Waals surface area contributed by atoms with Crippen molar-refractivity contribution in [2.45, 2.75) is 38.1 Å². The van der Waals surface area contributed by atoms with Gasteiger partial charge in [0.05, 0.1) is 12.0 Å². The Kier molecular flexibility index (Phi) is 4.79. The number of nitrogens with zero attached hydrogens (tertiary/aromatic N) is 6. The largest absolute Gasteiger partial charge is 0.356 e. The zero-order valence-electron chi connectivity index (χ0n) is 16.3. The van der Waals surface area contributed by atoms with Crippen molar-refractivity contribution in [1.29, 1.82) is 0 Å². The molecule has 148 valence electrons. The summed E-state index contributed by atoms with van der Waals surface area (Å²) in [5.74, 6) is 3.08. The maximum Gasteiger partial charge on any atom is 0.253 e. The molecule has 1 saturated heterocycles. The molecule has 0 N–H and O–H groups in total. The third-order valence-electron chi connectivity index (χ3n) is 5.83. The summed E-state index contributed by atoms with van der Waals surface area (Å²) >= 11 is 0. The lowest BCUT2D eigenvalue weighted by molar-refractivity contribution is 0.350. The fourth-order valence-electron chi connectivity index (χ4n) is 3.94. The molecule has 3 aromatic rings. The molecule has 3 aromatic heterocycles. The molecular weight excluding hydrogens is 364 g/mol. The van der Waals surface area contributed by atoms with Gasteiger partial charge in [0.2, 0.25) is 0 Å². The van der Waals surface area contributed by atoms with Crippen LogP contribution in [0.4, 0.5) is 5.82 Å². The van der Waals surface area contributed by atoms with Crippen molar-refractivity contribution in [3.8, 4) is 11.3 Å². The molecule has 4 heterocycles. The predicted octanol–water partition coefficient (Wildman–Crippen LogP) is 2.89. The molecule has 7 heteroatoms. The van der Waals surface area contributed by atoms with Gasteiger partial charge in [-0.25, -0.2) is 15.0 Å². The molecule has 0 unspecified atom stereocenters. The standard InChI is InChI=1S/C22H24N6O/c29-21-12-19(18-2-1-8-23-13-18)25-15-28(21)14-16-6-10-27(11-7-16)20-5-9-24-22(26-20)17-3-4-17/h1-2,5,8-9,12-13,15-17H,3-4,6-7,10-11,14H2. The number of hydrogen-bond acceptors (Lipinski definition) is 6. The van der Waals surface area contributed by atoms with E-state index in [0.29, 0.717) is 24.1 Å². The molecule has 5 rings (SSSR count). The molecule has 2 fully saturated rings. The summed E-state index contributed by atoms with van der Waals surface area (Å²) in [6.45, 7) is 2.63. The molecule has 2 aliphatic rings. The SMILES string of the molecule is O=c1cc(-c2cccnc2)ncn1CC1CCN(c2ccnc(C3CC3)n2)CC1. The van der Waals surface area contributed by atoms with Crippen molar-refractivity contribution in [3.05, 3.63) is 65.4 Å². The molecule has 1 saturated carbocycles. The Balaban J connectivity index is 1.22. The molecule has 1 aliphatic heterocycles. The van der Waals surface area contributed by atoms with Gasteiger partial charge in [-0.3, -0.25) is 14.3 Å². The minimum absolute atomic E-state index is 0.00819. The molecular formula is C22H24N6O. The summed E-state index contributed by atoms with van der Waals surface area (Å²) in [7, 11) is 0. The summed E-state index contributed by atoms with van der Waals surface area (Å²) in [4.78, 5) is 32.6. The van der Waals surface area contributed by atoms with Gasteiger partial charge in [-0.2, -0.15) is 0 Å². The molecule has 0 radical (unpaired) electrons. The molecule has 1 aliphatic carbocycles. The van der Waals surface area contributed by atoms with E-state index in [2.05, 4.69) is 19.9 Å². The maximum absolute atomic E-state index is 12.6. The average Bonchev–Trinajstić information content (AvgIpc) is 3.62. The van der Waals surface area contributed by atoms with Crippen molar-refractivity contribution in [2.75, 3.05) is 18.0 Å². The van der Waals surface area contributed by atoms with E-state index >= 15 is 0 Å². The number of anilines is 1. The van der Waals surface area contributed by atoms with Crippen LogP contribution in [0.25, 0.3) is 11.3 Å². The Labute approximate surface area is 169 Å². The first-order valence-corrected chi connectivity index (χ1v) is 10.3. The van der Waals surface area contributed by atoms with Gasteiger partial charge in [-0.15, -0.1) is 0 Å². The van der Waals surface area contributed by atoms with Crippen LogP contribution in [-0.2, 0) is 6.54 Å². The van der Waals surface area contributed by atoms with E-state index in [4.69, 9.17) is 4.98 Å². The van der Waals surface area contributed by atoms with Crippen LogP contribution in [0.1, 0.15) is 37.4 Å². The molecule has 0 spiro atoms. The first-order valence-electron chi connectivity index (χ1n) is 10.3. The molecule has 29 heavy (non-hydrogen) atoms. The highest BCUT2D eigenvalue weighted by molar-refractivity contribution is 5.56. The molecule has 0 atom stereocenters. The van der Waals surface area contributed by atoms with Gasteiger partial charge in [0, 0.05) is 55.8 Å². The first-order chi connectivity index (χ1) is 14.3. The van der Waals surface area contributed by atoms with Gasteiger partial charge < -0.3 is 4.90 Å². The van der Waals surface area contributed by atoms with Crippen LogP contribution in [0.2, 0.25) is 0 Å². The second-order valence-corrected chi connectivity index (χ2v) is 7.98. The Morgan fingerprint density at radius 2 is 1.90 bits per heavy atom. The highest BCUT2D eigenvalue weighted by Crippen LogP contribution is 2.38. The van der Waals surface area contributed by atoms with Crippen molar-refractivity contribution < 1.29 is 0 Å². The second-order valence-electron chi connectivity index (χ2n) is 7.98. The monoisotopic (exact) mass is 388 g/mol. The fraction of sp³-hybridized carbons (Fsp3) is 0.409. The van der Waals surface area contributed by atoms with E-state index in [-0.39, 0.29) is 5.56 Å². The zero-order chi connectivity index (χ0) is 19.6. The predicted molar refractivity (Wildman–Crippen MR) is 111 cm³/mol. The van der Waals surface area contributed by atoms with Crippen LogP contribution in [0.3, 0.4) is 0 Å². The summed E-state index contributed by atoms with van der Waals surface area (Å²) in [6.07, 6.45) is 11.5. The number of aromatic nitrogens is 5. The van der Waals surface area contributed by atoms with Gasteiger partial charge in [0.25, 0.3) is 5.56 Å². The van der Waals surface area contributed by atoms with Gasteiger partial charge >= 0.3 is 0 Å². The van der Waals surface area contributed by atoms with E-state index in [0.717, 1.165) is 43.1 Å². The van der Waals surface area contributed by atoms with Crippen LogP contribution in [0, 0.1) is 5.92 Å². The number of hydrogen-bond donors (Lipinski definition) is 0. The van der Waals surface area contributed by atoms with Crippen molar-refractivity contribution in [3.63, 3.8) is 0 Å². The van der Waals surface area contributed by atoms with Gasteiger partial charge in [0.15, 0.2) is 0 Å². The van der Waals surface area contributed by atoms with E-state index in [1.807, 2.05) is 24.4 Å². The Bertz CT molecular complexity index is 1040. The van der Waals surface area contributed by atoms with Crippen LogP contribution in [0.5, 0.6) is 0 Å². The number of pyridine rings is 1. The van der Waals surface area contributed by atoms with Crippen LogP contribution < -0.4 is 10.5 Å². The van der Waals surface area contributed by atoms with Crippen molar-refractivity contribution >= 4 is 5.82 Å². The van der Waals surface area contributed by atoms with Crippen molar-refractivity contribution in [2.24, 2.45) is 5.92 Å². The lowest BCUT2D eigenvalue weighted by Gasteiger charge is -2.33. The number of rotatable bonds is 5. The summed E-state index contributed by atoms with van der Waals surface area (Å²) in [5.41, 5.74) is 1.52. The second kappa shape index (κ2) is 7.73. The maximum atomic E-state index is 12.6. The third-order valence-corrected chi connectivity index (χ3v) is 5.83. The highest BCUT2D eigenvalue weighted by Gasteiger charge is 2.28. The van der Waals surface area contributed by atoms with E-state index < -0.39 is 0 Å². The molecule has 0 aromatic carbocycles. The first kappa shape index (κ1) is 18.0. The summed E-state index contributed by atoms with van der Waals surface area (Å²) < 4.78 is 1.73. The smallest absolute Gasteiger partial charge is 0.253 e. The summed E-state index contributed by atoms with van der Waals surface area (Å²) in [6, 6.07) is 7.38. The average molecular weight is 388 g/mol. The topological polar surface area (TPSA) is 76.8 Å². The lowest BCUT2D eigenvalue weighted by Crippen LogP contribution is -2.37. The van der Waals surface area contributed by atoms with Gasteiger partial charge in [-0.1, -0.05) is 0 Å². The third kappa shape index (κ3) is 4.04. The van der Waals surface area contributed by atoms with E-state index in [9.17, 15) is 4.79 Å². The van der Waals surface area contributed by atoms with Crippen LogP contribution in [0.15, 0.2) is 54.0 Å². The quantitative estimate of drug-likeness (QED) is 0.669. The van der Waals surface area contributed by atoms with Crippen molar-refractivity contribution in [1.82, 2.24) is 24.5 Å². The van der Waals surface area contributed by atoms with Crippen LogP contribution in [-0.4, -0.2) is 37.6 Å². The fourth-order valence-corrected chi connectivity index (χ4v) is 3.94. The molecule has 0 bridgehead atoms. The molecule has 0 amide bonds. The zero-order valence-corrected chi connectivity index (χ0v) is 16.3. The van der Waals surface area contributed by atoms with Gasteiger partial charge in [0.1, 0.15) is 11.6 Å². The Morgan fingerprint density at radius 1 is 1.03 bits per heavy atom. The minimum atomic E-state index is -0.00819. The van der Waals surface area contributed by atoms with Gasteiger partial charge in [-0.05, 0) is 49.8 Å². The van der Waals surface area contributed by atoms with E-state index in [1.165, 1.54) is 12.8 Å². The normalized spacial score (nSPS) is 17.4. The lowest BCUT2D eigenvalue weighted by atomic mass is 9.96. The Hall–Kier alpha value is -3.09. The van der Waals surface area contributed by atoms with Crippen LogP contribution >= 0.6 is 0 Å². The minimum Gasteiger partial charge on any atom is -0.356 e. The summed E-state index contributed by atoms with van der Waals surface area (Å²) in [5, 5.41) is 0. The molecule has 7 nitrogen and oxygen atoms in total. The highest BCUT2D eigenvalue weighted by atomic mass is 16.1. The van der Waals surface area contributed by atoms with E-state index in [1.54, 1.807) is 29.4 Å². The number of piperidine rings is 1. The Morgan fingerprint density at radius 3 is 2.62 bits per heavy atom.